The van der Waals surface area contributed by atoms with Gasteiger partial charge in [0.2, 0.25) is 0 Å². The molecule has 0 radical (unpaired) electrons. The topological polar surface area (TPSA) is 31.2 Å². The Bertz CT molecular complexity index is 540. The summed E-state index contributed by atoms with van der Waals surface area (Å²) < 4.78 is 6.75. The Morgan fingerprint density at radius 2 is 2.19 bits per heavy atom. The van der Waals surface area contributed by atoms with Crippen LogP contribution in [0.3, 0.4) is 0 Å². The van der Waals surface area contributed by atoms with Gasteiger partial charge >= 0.3 is 5.97 Å². The first-order valence-electron chi connectivity index (χ1n) is 5.24. The minimum atomic E-state index is -0.200. The quantitative estimate of drug-likeness (QED) is 0.722. The van der Waals surface area contributed by atoms with Gasteiger partial charge in [-0.3, -0.25) is 4.79 Å². The molecule has 0 aliphatic heterocycles. The summed E-state index contributed by atoms with van der Waals surface area (Å²) in [6, 6.07) is 6.13. The lowest BCUT2D eigenvalue weighted by Gasteiger charge is -2.00. The van der Waals surface area contributed by atoms with E-state index in [9.17, 15) is 4.79 Å². The van der Waals surface area contributed by atoms with Crippen molar-refractivity contribution in [3.05, 3.63) is 35.5 Å². The predicted octanol–water partition coefficient (Wildman–Crippen LogP) is 2.20. The average Bonchev–Trinajstić information content (AvgIpc) is 2.57. The number of methoxy groups -OCH3 is 1. The second-order valence-electron chi connectivity index (χ2n) is 3.99. The van der Waals surface area contributed by atoms with Crippen LogP contribution in [0.5, 0.6) is 0 Å². The number of nitrogens with zero attached hydrogens (tertiary/aromatic N) is 1. The molecule has 0 atom stereocenters. The number of benzene rings is 1. The second-order valence-corrected chi connectivity index (χ2v) is 3.99. The Hall–Kier alpha value is -1.77. The van der Waals surface area contributed by atoms with Gasteiger partial charge in [-0.1, -0.05) is 18.2 Å². The molecule has 0 fully saturated rings. The van der Waals surface area contributed by atoms with E-state index in [1.54, 1.807) is 0 Å². The van der Waals surface area contributed by atoms with Crippen LogP contribution in [0, 0.1) is 6.92 Å². The first kappa shape index (κ1) is 10.7. The van der Waals surface area contributed by atoms with Crippen molar-refractivity contribution in [3.8, 4) is 0 Å². The largest absolute Gasteiger partial charge is 0.469 e. The van der Waals surface area contributed by atoms with Crippen LogP contribution in [0.1, 0.15) is 11.1 Å². The Labute approximate surface area is 94.6 Å². The van der Waals surface area contributed by atoms with Crippen molar-refractivity contribution in [1.29, 1.82) is 0 Å². The summed E-state index contributed by atoms with van der Waals surface area (Å²) in [5.41, 5.74) is 3.42. The Morgan fingerprint density at radius 1 is 1.44 bits per heavy atom. The number of ether oxygens (including phenoxy) is 1. The number of rotatable bonds is 2. The van der Waals surface area contributed by atoms with Crippen molar-refractivity contribution in [3.63, 3.8) is 0 Å². The van der Waals surface area contributed by atoms with Crippen LogP contribution in [-0.4, -0.2) is 17.6 Å². The molecule has 1 heterocycles. The molecular formula is C13H15NO2. The summed E-state index contributed by atoms with van der Waals surface area (Å²) in [6.45, 7) is 2.07. The van der Waals surface area contributed by atoms with Gasteiger partial charge in [0.15, 0.2) is 0 Å². The summed E-state index contributed by atoms with van der Waals surface area (Å²) in [4.78, 5) is 11.3. The maximum atomic E-state index is 11.3. The molecule has 0 aliphatic carbocycles. The van der Waals surface area contributed by atoms with Gasteiger partial charge in [-0.2, -0.15) is 0 Å². The molecular weight excluding hydrogens is 202 g/mol. The number of hydrogen-bond acceptors (Lipinski definition) is 2. The van der Waals surface area contributed by atoms with Crippen molar-refractivity contribution >= 4 is 16.9 Å². The minimum Gasteiger partial charge on any atom is -0.469 e. The predicted molar refractivity (Wildman–Crippen MR) is 63.4 cm³/mol. The van der Waals surface area contributed by atoms with Crippen molar-refractivity contribution in [2.24, 2.45) is 7.05 Å². The van der Waals surface area contributed by atoms with Crippen molar-refractivity contribution in [2.75, 3.05) is 7.11 Å². The van der Waals surface area contributed by atoms with Gasteiger partial charge in [0.1, 0.15) is 0 Å². The minimum absolute atomic E-state index is 0.200. The number of carbonyl (C=O) groups is 1. The average molecular weight is 217 g/mol. The van der Waals surface area contributed by atoms with Crippen LogP contribution in [0.2, 0.25) is 0 Å². The summed E-state index contributed by atoms with van der Waals surface area (Å²) in [5, 5.41) is 1.13. The molecule has 0 spiro atoms. The third kappa shape index (κ3) is 1.69. The van der Waals surface area contributed by atoms with Crippen LogP contribution >= 0.6 is 0 Å². The fourth-order valence-electron chi connectivity index (χ4n) is 2.12. The van der Waals surface area contributed by atoms with E-state index in [-0.39, 0.29) is 5.97 Å². The van der Waals surface area contributed by atoms with Crippen molar-refractivity contribution in [2.45, 2.75) is 13.3 Å². The zero-order valence-electron chi connectivity index (χ0n) is 9.78. The summed E-state index contributed by atoms with van der Waals surface area (Å²) in [6.07, 6.45) is 2.33. The maximum Gasteiger partial charge on any atom is 0.310 e. The lowest BCUT2D eigenvalue weighted by Crippen LogP contribution is -2.03. The molecule has 0 N–H and O–H groups in total. The number of para-hydroxylation sites is 1. The van der Waals surface area contributed by atoms with E-state index in [1.165, 1.54) is 18.2 Å². The van der Waals surface area contributed by atoms with E-state index in [2.05, 4.69) is 17.6 Å². The molecule has 1 aromatic heterocycles. The van der Waals surface area contributed by atoms with Gasteiger partial charge in [-0.25, -0.2) is 0 Å². The molecule has 0 saturated heterocycles. The number of aromatic nitrogens is 1. The summed E-state index contributed by atoms with van der Waals surface area (Å²) in [5.74, 6) is -0.200. The van der Waals surface area contributed by atoms with Gasteiger partial charge < -0.3 is 9.30 Å². The number of carbonyl (C=O) groups excluding carboxylic acids is 1. The zero-order valence-corrected chi connectivity index (χ0v) is 9.78. The van der Waals surface area contributed by atoms with Gasteiger partial charge in [-0.15, -0.1) is 0 Å². The molecule has 0 amide bonds. The third-order valence-electron chi connectivity index (χ3n) is 2.85. The van der Waals surface area contributed by atoms with Crippen LogP contribution in [0.25, 0.3) is 10.9 Å². The highest BCUT2D eigenvalue weighted by Crippen LogP contribution is 2.24. The number of hydrogen-bond donors (Lipinski definition) is 0. The van der Waals surface area contributed by atoms with Crippen LogP contribution in [-0.2, 0) is 23.0 Å². The van der Waals surface area contributed by atoms with E-state index in [0.29, 0.717) is 6.42 Å². The molecule has 1 aromatic carbocycles. The molecule has 0 unspecified atom stereocenters. The highest BCUT2D eigenvalue weighted by atomic mass is 16.5. The SMILES string of the molecule is COC(=O)Cc1cn(C)c2c(C)cccc12. The number of esters is 1. The molecule has 16 heavy (non-hydrogen) atoms. The first-order chi connectivity index (χ1) is 7.63. The molecule has 3 heteroatoms. The second kappa shape index (κ2) is 4.00. The number of fused-ring (bicyclic) bond motifs is 1. The number of aryl methyl sites for hydroxylation is 2. The lowest BCUT2D eigenvalue weighted by molar-refractivity contribution is -0.139. The van der Waals surface area contributed by atoms with E-state index < -0.39 is 0 Å². The summed E-state index contributed by atoms with van der Waals surface area (Å²) in [7, 11) is 3.41. The molecule has 2 rings (SSSR count). The Kier molecular flexibility index (Phi) is 2.69. The molecule has 3 nitrogen and oxygen atoms in total. The molecule has 0 aliphatic rings. The fraction of sp³-hybridized carbons (Fsp3) is 0.308. The molecule has 2 aromatic rings. The van der Waals surface area contributed by atoms with E-state index >= 15 is 0 Å². The smallest absolute Gasteiger partial charge is 0.310 e. The molecule has 84 valence electrons. The zero-order chi connectivity index (χ0) is 11.7. The normalized spacial score (nSPS) is 10.7. The van der Waals surface area contributed by atoms with Gasteiger partial charge in [-0.05, 0) is 18.1 Å². The highest BCUT2D eigenvalue weighted by Gasteiger charge is 2.11. The van der Waals surface area contributed by atoms with Gasteiger partial charge in [0.25, 0.3) is 0 Å². The van der Waals surface area contributed by atoms with Gasteiger partial charge in [0, 0.05) is 18.6 Å². The van der Waals surface area contributed by atoms with E-state index in [1.807, 2.05) is 25.4 Å². The molecule has 0 saturated carbocycles. The van der Waals surface area contributed by atoms with Crippen molar-refractivity contribution < 1.29 is 9.53 Å². The highest BCUT2D eigenvalue weighted by molar-refractivity contribution is 5.89. The standard InChI is InChI=1S/C13H15NO2/c1-9-5-4-6-11-10(7-12(15)16-3)8-14(2)13(9)11/h4-6,8H,7H2,1-3H3. The summed E-state index contributed by atoms with van der Waals surface area (Å²) >= 11 is 0. The fourth-order valence-corrected chi connectivity index (χ4v) is 2.12. The third-order valence-corrected chi connectivity index (χ3v) is 2.85. The van der Waals surface area contributed by atoms with Crippen LogP contribution in [0.15, 0.2) is 24.4 Å². The van der Waals surface area contributed by atoms with Crippen molar-refractivity contribution in [1.82, 2.24) is 4.57 Å². The Morgan fingerprint density at radius 3 is 2.88 bits per heavy atom. The first-order valence-corrected chi connectivity index (χ1v) is 5.24. The lowest BCUT2D eigenvalue weighted by atomic mass is 10.1. The van der Waals surface area contributed by atoms with E-state index in [0.717, 1.165) is 10.9 Å². The maximum absolute atomic E-state index is 11.3. The van der Waals surface area contributed by atoms with Crippen LogP contribution in [0.4, 0.5) is 0 Å². The molecule has 0 bridgehead atoms. The van der Waals surface area contributed by atoms with E-state index in [4.69, 9.17) is 4.74 Å². The van der Waals surface area contributed by atoms with Gasteiger partial charge in [0.05, 0.1) is 19.0 Å². The monoisotopic (exact) mass is 217 g/mol. The Balaban J connectivity index is 2.55. The van der Waals surface area contributed by atoms with Crippen LogP contribution < -0.4 is 0 Å².